The van der Waals surface area contributed by atoms with Crippen LogP contribution in [0.15, 0.2) is 53.7 Å². The van der Waals surface area contributed by atoms with Crippen LogP contribution in [-0.2, 0) is 0 Å². The van der Waals surface area contributed by atoms with Gasteiger partial charge in [0.1, 0.15) is 5.82 Å². The van der Waals surface area contributed by atoms with Gasteiger partial charge in [-0.05, 0) is 30.5 Å². The van der Waals surface area contributed by atoms with Gasteiger partial charge in [-0.1, -0.05) is 42.8 Å². The van der Waals surface area contributed by atoms with E-state index in [1.165, 1.54) is 11.1 Å². The number of aliphatic imine (C=N–C) groups is 1. The molecule has 1 aliphatic rings. The molecule has 3 rings (SSSR count). The van der Waals surface area contributed by atoms with Crippen molar-refractivity contribution in [1.29, 1.82) is 0 Å². The third kappa shape index (κ3) is 4.54. The van der Waals surface area contributed by atoms with Crippen molar-refractivity contribution in [2.75, 3.05) is 44.7 Å². The summed E-state index contributed by atoms with van der Waals surface area (Å²) in [5.74, 6) is 2.50. The minimum absolute atomic E-state index is 0.446. The first kappa shape index (κ1) is 18.2. The van der Waals surface area contributed by atoms with Gasteiger partial charge in [0.25, 0.3) is 0 Å². The molecule has 5 heteroatoms. The standard InChI is InChI=1S/C21H29N5/c1-17-7-6-8-19(15-17)18(2)16-24-21(22-3)26-13-11-25(12-14-26)20-9-4-5-10-23-20/h4-10,15,18H,11-14,16H2,1-3H3,(H,22,24). The predicted octanol–water partition coefficient (Wildman–Crippen LogP) is 2.89. The van der Waals surface area contributed by atoms with Crippen LogP contribution in [0.5, 0.6) is 0 Å². The van der Waals surface area contributed by atoms with E-state index in [-0.39, 0.29) is 0 Å². The van der Waals surface area contributed by atoms with Gasteiger partial charge >= 0.3 is 0 Å². The average molecular weight is 351 g/mol. The minimum atomic E-state index is 0.446. The van der Waals surface area contributed by atoms with Crippen molar-refractivity contribution in [2.45, 2.75) is 19.8 Å². The van der Waals surface area contributed by atoms with Crippen molar-refractivity contribution in [2.24, 2.45) is 4.99 Å². The number of nitrogens with zero attached hydrogens (tertiary/aromatic N) is 4. The molecule has 1 fully saturated rings. The number of benzene rings is 1. The van der Waals surface area contributed by atoms with Crippen LogP contribution < -0.4 is 10.2 Å². The lowest BCUT2D eigenvalue weighted by atomic mass is 9.99. The summed E-state index contributed by atoms with van der Waals surface area (Å²) < 4.78 is 0. The Kier molecular flexibility index (Phi) is 6.10. The third-order valence-electron chi connectivity index (χ3n) is 4.94. The normalized spacial score (nSPS) is 16.5. The lowest BCUT2D eigenvalue weighted by Crippen LogP contribution is -2.53. The van der Waals surface area contributed by atoms with Crippen LogP contribution in [0.1, 0.15) is 24.0 Å². The number of anilines is 1. The Labute approximate surface area is 156 Å². The highest BCUT2D eigenvalue weighted by Crippen LogP contribution is 2.16. The van der Waals surface area contributed by atoms with Crippen LogP contribution in [0, 0.1) is 6.92 Å². The van der Waals surface area contributed by atoms with Crippen LogP contribution in [0.3, 0.4) is 0 Å². The molecule has 1 atom stereocenters. The van der Waals surface area contributed by atoms with E-state index in [2.05, 4.69) is 69.3 Å². The van der Waals surface area contributed by atoms with Gasteiger partial charge in [0.05, 0.1) is 0 Å². The molecule has 0 saturated carbocycles. The van der Waals surface area contributed by atoms with Crippen molar-refractivity contribution in [3.8, 4) is 0 Å². The molecule has 138 valence electrons. The number of nitrogens with one attached hydrogen (secondary N) is 1. The van der Waals surface area contributed by atoms with Crippen LogP contribution >= 0.6 is 0 Å². The molecule has 26 heavy (non-hydrogen) atoms. The summed E-state index contributed by atoms with van der Waals surface area (Å²) >= 11 is 0. The summed E-state index contributed by atoms with van der Waals surface area (Å²) in [6.45, 7) is 9.12. The summed E-state index contributed by atoms with van der Waals surface area (Å²) in [5.41, 5.74) is 2.68. The fourth-order valence-corrected chi connectivity index (χ4v) is 3.36. The molecule has 2 heterocycles. The Morgan fingerprint density at radius 1 is 1.15 bits per heavy atom. The van der Waals surface area contributed by atoms with Crippen LogP contribution in [-0.4, -0.2) is 55.6 Å². The highest BCUT2D eigenvalue weighted by atomic mass is 15.4. The number of aryl methyl sites for hydroxylation is 1. The van der Waals surface area contributed by atoms with E-state index in [0.29, 0.717) is 5.92 Å². The van der Waals surface area contributed by atoms with Crippen molar-refractivity contribution in [1.82, 2.24) is 15.2 Å². The Morgan fingerprint density at radius 2 is 1.96 bits per heavy atom. The molecular weight excluding hydrogens is 322 g/mol. The molecule has 1 unspecified atom stereocenters. The largest absolute Gasteiger partial charge is 0.356 e. The molecule has 1 saturated heterocycles. The van der Waals surface area contributed by atoms with Crippen molar-refractivity contribution < 1.29 is 0 Å². The van der Waals surface area contributed by atoms with Gasteiger partial charge in [0.2, 0.25) is 0 Å². The first-order chi connectivity index (χ1) is 12.7. The van der Waals surface area contributed by atoms with Crippen LogP contribution in [0.4, 0.5) is 5.82 Å². The van der Waals surface area contributed by atoms with E-state index < -0.39 is 0 Å². The molecule has 0 bridgehead atoms. The molecule has 0 aliphatic carbocycles. The van der Waals surface area contributed by atoms with Gasteiger partial charge in [-0.15, -0.1) is 0 Å². The summed E-state index contributed by atoms with van der Waals surface area (Å²) in [7, 11) is 1.87. The smallest absolute Gasteiger partial charge is 0.193 e. The zero-order valence-corrected chi connectivity index (χ0v) is 16.0. The molecule has 5 nitrogen and oxygen atoms in total. The molecule has 1 N–H and O–H groups in total. The summed E-state index contributed by atoms with van der Waals surface area (Å²) in [6.07, 6.45) is 1.86. The zero-order valence-electron chi connectivity index (χ0n) is 16.0. The number of guanidine groups is 1. The maximum atomic E-state index is 4.49. The quantitative estimate of drug-likeness (QED) is 0.679. The molecule has 0 spiro atoms. The van der Waals surface area contributed by atoms with Crippen LogP contribution in [0.2, 0.25) is 0 Å². The van der Waals surface area contributed by atoms with Gasteiger partial charge in [-0.25, -0.2) is 4.98 Å². The number of rotatable bonds is 4. The van der Waals surface area contributed by atoms with E-state index in [1.54, 1.807) is 0 Å². The summed E-state index contributed by atoms with van der Waals surface area (Å²) in [4.78, 5) is 13.6. The molecule has 1 aliphatic heterocycles. The number of hydrogen-bond donors (Lipinski definition) is 1. The fourth-order valence-electron chi connectivity index (χ4n) is 3.36. The zero-order chi connectivity index (χ0) is 18.4. The second-order valence-electron chi connectivity index (χ2n) is 6.91. The van der Waals surface area contributed by atoms with Gasteiger partial charge < -0.3 is 15.1 Å². The van der Waals surface area contributed by atoms with E-state index in [0.717, 1.165) is 44.5 Å². The Bertz CT molecular complexity index is 720. The van der Waals surface area contributed by atoms with E-state index in [4.69, 9.17) is 0 Å². The Morgan fingerprint density at radius 3 is 2.62 bits per heavy atom. The number of aromatic nitrogens is 1. The fraction of sp³-hybridized carbons (Fsp3) is 0.429. The predicted molar refractivity (Wildman–Crippen MR) is 109 cm³/mol. The first-order valence-corrected chi connectivity index (χ1v) is 9.35. The molecular formula is C21H29N5. The number of piperazine rings is 1. The maximum absolute atomic E-state index is 4.49. The van der Waals surface area contributed by atoms with Gasteiger partial charge in [-0.3, -0.25) is 4.99 Å². The van der Waals surface area contributed by atoms with Crippen LogP contribution in [0.25, 0.3) is 0 Å². The van der Waals surface area contributed by atoms with Crippen molar-refractivity contribution in [3.05, 3.63) is 59.8 Å². The SMILES string of the molecule is CN=C(NCC(C)c1cccc(C)c1)N1CCN(c2ccccn2)CC1. The summed E-state index contributed by atoms with van der Waals surface area (Å²) in [5, 5.41) is 3.55. The van der Waals surface area contributed by atoms with Gasteiger partial charge in [0, 0.05) is 46.0 Å². The van der Waals surface area contributed by atoms with Gasteiger partial charge in [-0.2, -0.15) is 0 Å². The number of hydrogen-bond acceptors (Lipinski definition) is 3. The minimum Gasteiger partial charge on any atom is -0.356 e. The van der Waals surface area contributed by atoms with Crippen molar-refractivity contribution in [3.63, 3.8) is 0 Å². The molecule has 0 amide bonds. The third-order valence-corrected chi connectivity index (χ3v) is 4.94. The van der Waals surface area contributed by atoms with Crippen molar-refractivity contribution >= 4 is 11.8 Å². The maximum Gasteiger partial charge on any atom is 0.193 e. The second-order valence-corrected chi connectivity index (χ2v) is 6.91. The average Bonchev–Trinajstić information content (AvgIpc) is 2.69. The van der Waals surface area contributed by atoms with E-state index in [9.17, 15) is 0 Å². The second kappa shape index (κ2) is 8.70. The Hall–Kier alpha value is -2.56. The van der Waals surface area contributed by atoms with E-state index >= 15 is 0 Å². The van der Waals surface area contributed by atoms with Gasteiger partial charge in [0.15, 0.2) is 5.96 Å². The lowest BCUT2D eigenvalue weighted by molar-refractivity contribution is 0.370. The lowest BCUT2D eigenvalue weighted by Gasteiger charge is -2.37. The molecule has 1 aromatic carbocycles. The molecule has 1 aromatic heterocycles. The highest BCUT2D eigenvalue weighted by molar-refractivity contribution is 5.80. The molecule has 2 aromatic rings. The Balaban J connectivity index is 1.52. The van der Waals surface area contributed by atoms with E-state index in [1.807, 2.05) is 25.4 Å². The first-order valence-electron chi connectivity index (χ1n) is 9.35. The summed E-state index contributed by atoms with van der Waals surface area (Å²) in [6, 6.07) is 14.8. The highest BCUT2D eigenvalue weighted by Gasteiger charge is 2.20. The topological polar surface area (TPSA) is 43.8 Å². The number of pyridine rings is 1. The monoisotopic (exact) mass is 351 g/mol. The molecule has 0 radical (unpaired) electrons.